The van der Waals surface area contributed by atoms with Gasteiger partial charge in [-0.05, 0) is 39.3 Å². The SMILES string of the molecule is CC(C)N1CCC[C@H](c2nccnc2-c2ccn[nH]2)C1. The van der Waals surface area contributed by atoms with Gasteiger partial charge in [-0.25, -0.2) is 0 Å². The summed E-state index contributed by atoms with van der Waals surface area (Å²) in [5.41, 5.74) is 3.00. The number of rotatable bonds is 3. The molecule has 0 bridgehead atoms. The molecule has 0 spiro atoms. The van der Waals surface area contributed by atoms with Crippen LogP contribution in [0.2, 0.25) is 0 Å². The first-order chi connectivity index (χ1) is 9.75. The molecular formula is C15H21N5. The van der Waals surface area contributed by atoms with Gasteiger partial charge in [0.1, 0.15) is 5.69 Å². The predicted octanol–water partition coefficient (Wildman–Crippen LogP) is 2.45. The summed E-state index contributed by atoms with van der Waals surface area (Å²) in [5.74, 6) is 0.457. The van der Waals surface area contributed by atoms with E-state index in [9.17, 15) is 0 Å². The lowest BCUT2D eigenvalue weighted by molar-refractivity contribution is 0.166. The maximum Gasteiger partial charge on any atom is 0.110 e. The van der Waals surface area contributed by atoms with Crippen molar-refractivity contribution in [3.05, 3.63) is 30.4 Å². The quantitative estimate of drug-likeness (QED) is 0.931. The molecule has 0 radical (unpaired) electrons. The van der Waals surface area contributed by atoms with E-state index >= 15 is 0 Å². The molecule has 3 rings (SSSR count). The molecule has 1 fully saturated rings. The largest absolute Gasteiger partial charge is 0.300 e. The van der Waals surface area contributed by atoms with Crippen LogP contribution in [0.5, 0.6) is 0 Å². The third-order valence-corrected chi connectivity index (χ3v) is 4.05. The van der Waals surface area contributed by atoms with Crippen LogP contribution < -0.4 is 0 Å². The maximum atomic E-state index is 4.62. The van der Waals surface area contributed by atoms with Gasteiger partial charge in [0.15, 0.2) is 0 Å². The molecule has 0 saturated carbocycles. The summed E-state index contributed by atoms with van der Waals surface area (Å²) >= 11 is 0. The number of nitrogens with zero attached hydrogens (tertiary/aromatic N) is 4. The Morgan fingerprint density at radius 3 is 2.85 bits per heavy atom. The van der Waals surface area contributed by atoms with Crippen molar-refractivity contribution in [1.82, 2.24) is 25.1 Å². The molecular weight excluding hydrogens is 250 g/mol. The normalized spacial score (nSPS) is 20.4. The van der Waals surface area contributed by atoms with Gasteiger partial charge in [-0.15, -0.1) is 0 Å². The fraction of sp³-hybridized carbons (Fsp3) is 0.533. The molecule has 1 aliphatic rings. The minimum atomic E-state index is 0.457. The van der Waals surface area contributed by atoms with E-state index in [1.165, 1.54) is 19.4 Å². The zero-order valence-electron chi connectivity index (χ0n) is 12.1. The Hall–Kier alpha value is -1.75. The number of likely N-dealkylation sites (tertiary alicyclic amines) is 1. The number of hydrogen-bond acceptors (Lipinski definition) is 4. The first-order valence-corrected chi connectivity index (χ1v) is 7.30. The van der Waals surface area contributed by atoms with Crippen molar-refractivity contribution in [3.8, 4) is 11.4 Å². The van der Waals surface area contributed by atoms with E-state index in [1.54, 1.807) is 18.6 Å². The number of aromatic nitrogens is 4. The molecule has 106 valence electrons. The average Bonchev–Trinajstić information content (AvgIpc) is 3.01. The van der Waals surface area contributed by atoms with Gasteiger partial charge in [-0.3, -0.25) is 15.1 Å². The predicted molar refractivity (Wildman–Crippen MR) is 78.3 cm³/mol. The lowest BCUT2D eigenvalue weighted by atomic mass is 9.92. The zero-order chi connectivity index (χ0) is 13.9. The first-order valence-electron chi connectivity index (χ1n) is 7.30. The highest BCUT2D eigenvalue weighted by Crippen LogP contribution is 2.31. The Labute approximate surface area is 119 Å². The van der Waals surface area contributed by atoms with Gasteiger partial charge in [0, 0.05) is 37.1 Å². The molecule has 0 amide bonds. The van der Waals surface area contributed by atoms with E-state index in [0.717, 1.165) is 23.6 Å². The van der Waals surface area contributed by atoms with Crippen LogP contribution in [0.1, 0.15) is 38.3 Å². The molecule has 5 nitrogen and oxygen atoms in total. The van der Waals surface area contributed by atoms with Crippen LogP contribution in [0.15, 0.2) is 24.7 Å². The van der Waals surface area contributed by atoms with Gasteiger partial charge in [-0.1, -0.05) is 0 Å². The van der Waals surface area contributed by atoms with E-state index in [0.29, 0.717) is 12.0 Å². The van der Waals surface area contributed by atoms with Crippen LogP contribution in [-0.4, -0.2) is 44.2 Å². The van der Waals surface area contributed by atoms with Crippen LogP contribution in [0, 0.1) is 0 Å². The molecule has 0 unspecified atom stereocenters. The summed E-state index contributed by atoms with van der Waals surface area (Å²) in [6.07, 6.45) is 7.71. The highest BCUT2D eigenvalue weighted by atomic mass is 15.2. The molecule has 5 heteroatoms. The Morgan fingerprint density at radius 2 is 2.10 bits per heavy atom. The smallest absolute Gasteiger partial charge is 0.110 e. The highest BCUT2D eigenvalue weighted by Gasteiger charge is 2.26. The number of piperidine rings is 1. The van der Waals surface area contributed by atoms with Gasteiger partial charge in [0.05, 0.1) is 11.4 Å². The number of H-pyrrole nitrogens is 1. The van der Waals surface area contributed by atoms with Crippen LogP contribution in [0.4, 0.5) is 0 Å². The van der Waals surface area contributed by atoms with Crippen molar-refractivity contribution in [2.45, 2.75) is 38.6 Å². The van der Waals surface area contributed by atoms with E-state index in [4.69, 9.17) is 0 Å². The summed E-state index contributed by atoms with van der Waals surface area (Å²) in [4.78, 5) is 11.7. The molecule has 0 aliphatic carbocycles. The first kappa shape index (κ1) is 13.2. The minimum Gasteiger partial charge on any atom is -0.300 e. The van der Waals surface area contributed by atoms with Gasteiger partial charge >= 0.3 is 0 Å². The maximum absolute atomic E-state index is 4.62. The van der Waals surface area contributed by atoms with Crippen molar-refractivity contribution in [3.63, 3.8) is 0 Å². The second kappa shape index (κ2) is 5.71. The molecule has 2 aromatic heterocycles. The Bertz CT molecular complexity index is 549. The Balaban J connectivity index is 1.90. The fourth-order valence-electron chi connectivity index (χ4n) is 2.94. The van der Waals surface area contributed by atoms with Crippen LogP contribution in [-0.2, 0) is 0 Å². The molecule has 1 atom stereocenters. The van der Waals surface area contributed by atoms with Crippen LogP contribution in [0.25, 0.3) is 11.4 Å². The van der Waals surface area contributed by atoms with Crippen molar-refractivity contribution in [2.24, 2.45) is 0 Å². The topological polar surface area (TPSA) is 57.7 Å². The lowest BCUT2D eigenvalue weighted by Gasteiger charge is -2.35. The summed E-state index contributed by atoms with van der Waals surface area (Å²) in [7, 11) is 0. The van der Waals surface area contributed by atoms with Crippen molar-refractivity contribution < 1.29 is 0 Å². The molecule has 20 heavy (non-hydrogen) atoms. The molecule has 1 aliphatic heterocycles. The molecule has 0 aromatic carbocycles. The van der Waals surface area contributed by atoms with Crippen molar-refractivity contribution in [2.75, 3.05) is 13.1 Å². The van der Waals surface area contributed by atoms with Crippen LogP contribution >= 0.6 is 0 Å². The lowest BCUT2D eigenvalue weighted by Crippen LogP contribution is -2.39. The zero-order valence-corrected chi connectivity index (χ0v) is 12.1. The van der Waals surface area contributed by atoms with Crippen molar-refractivity contribution in [1.29, 1.82) is 0 Å². The van der Waals surface area contributed by atoms with E-state index in [2.05, 4.69) is 38.9 Å². The average molecular weight is 271 g/mol. The van der Waals surface area contributed by atoms with Gasteiger partial charge in [0.2, 0.25) is 0 Å². The standard InChI is InChI=1S/C15H21N5/c1-11(2)20-9-3-4-12(10-20)14-15(17-8-7-16-14)13-5-6-18-19-13/h5-8,11-12H,3-4,9-10H2,1-2H3,(H,18,19)/t12-/m0/s1. The van der Waals surface area contributed by atoms with E-state index in [-0.39, 0.29) is 0 Å². The van der Waals surface area contributed by atoms with Crippen LogP contribution in [0.3, 0.4) is 0 Å². The van der Waals surface area contributed by atoms with Crippen molar-refractivity contribution >= 4 is 0 Å². The minimum absolute atomic E-state index is 0.457. The van der Waals surface area contributed by atoms with E-state index < -0.39 is 0 Å². The molecule has 3 heterocycles. The highest BCUT2D eigenvalue weighted by molar-refractivity contribution is 5.56. The van der Waals surface area contributed by atoms with Gasteiger partial charge in [0.25, 0.3) is 0 Å². The van der Waals surface area contributed by atoms with E-state index in [1.807, 2.05) is 6.07 Å². The Kier molecular flexibility index (Phi) is 3.78. The third kappa shape index (κ3) is 2.58. The number of aromatic amines is 1. The number of nitrogens with one attached hydrogen (secondary N) is 1. The summed E-state index contributed by atoms with van der Waals surface area (Å²) < 4.78 is 0. The third-order valence-electron chi connectivity index (χ3n) is 4.05. The fourth-order valence-corrected chi connectivity index (χ4v) is 2.94. The summed E-state index contributed by atoms with van der Waals surface area (Å²) in [6, 6.07) is 2.54. The summed E-state index contributed by atoms with van der Waals surface area (Å²) in [6.45, 7) is 6.77. The second-order valence-corrected chi connectivity index (χ2v) is 5.69. The molecule has 1 saturated heterocycles. The Morgan fingerprint density at radius 1 is 1.25 bits per heavy atom. The summed E-state index contributed by atoms with van der Waals surface area (Å²) in [5, 5.41) is 7.03. The molecule has 2 aromatic rings. The number of hydrogen-bond donors (Lipinski definition) is 1. The van der Waals surface area contributed by atoms with Gasteiger partial charge < -0.3 is 4.90 Å². The second-order valence-electron chi connectivity index (χ2n) is 5.69. The molecule has 1 N–H and O–H groups in total. The van der Waals surface area contributed by atoms with Gasteiger partial charge in [-0.2, -0.15) is 5.10 Å². The monoisotopic (exact) mass is 271 g/mol.